The number of halogens is 2. The van der Waals surface area contributed by atoms with Gasteiger partial charge in [-0.3, -0.25) is 10.1 Å². The van der Waals surface area contributed by atoms with Gasteiger partial charge in [0, 0.05) is 6.07 Å². The van der Waals surface area contributed by atoms with Gasteiger partial charge in [-0.1, -0.05) is 0 Å². The second-order valence-corrected chi connectivity index (χ2v) is 3.47. The number of benzene rings is 1. The molecule has 0 spiro atoms. The highest BCUT2D eigenvalue weighted by Crippen LogP contribution is 2.23. The number of nitrogens with zero attached hydrogens (tertiary/aromatic N) is 1. The lowest BCUT2D eigenvalue weighted by molar-refractivity contribution is -0.387. The summed E-state index contributed by atoms with van der Waals surface area (Å²) in [5.74, 6) is -3.99. The van der Waals surface area contributed by atoms with Crippen LogP contribution in [-0.2, 0) is 4.74 Å². The molecule has 0 heterocycles. The molecule has 7 heteroatoms. The van der Waals surface area contributed by atoms with Crippen LogP contribution in [-0.4, -0.2) is 17.0 Å². The third-order valence-corrected chi connectivity index (χ3v) is 1.81. The Kier molecular flexibility index (Phi) is 3.72. The van der Waals surface area contributed by atoms with Crippen LogP contribution in [0.2, 0.25) is 0 Å². The van der Waals surface area contributed by atoms with Crippen molar-refractivity contribution in [2.45, 2.75) is 20.0 Å². The van der Waals surface area contributed by atoms with Gasteiger partial charge in [0.2, 0.25) is 5.82 Å². The van der Waals surface area contributed by atoms with Gasteiger partial charge in [-0.2, -0.15) is 4.39 Å². The summed E-state index contributed by atoms with van der Waals surface area (Å²) >= 11 is 0. The zero-order chi connectivity index (χ0) is 13.2. The third-order valence-electron chi connectivity index (χ3n) is 1.81. The van der Waals surface area contributed by atoms with Crippen molar-refractivity contribution < 1.29 is 23.2 Å². The first-order valence-corrected chi connectivity index (χ1v) is 4.68. The second kappa shape index (κ2) is 4.86. The van der Waals surface area contributed by atoms with Crippen LogP contribution in [0.3, 0.4) is 0 Å². The van der Waals surface area contributed by atoms with Crippen molar-refractivity contribution >= 4 is 11.7 Å². The van der Waals surface area contributed by atoms with Crippen LogP contribution in [0.1, 0.15) is 24.2 Å². The molecule has 0 aromatic heterocycles. The molecule has 0 atom stereocenters. The molecular weight excluding hydrogens is 236 g/mol. The highest BCUT2D eigenvalue weighted by Gasteiger charge is 2.27. The normalized spacial score (nSPS) is 10.4. The monoisotopic (exact) mass is 245 g/mol. The van der Waals surface area contributed by atoms with E-state index in [-0.39, 0.29) is 0 Å². The van der Waals surface area contributed by atoms with Gasteiger partial charge in [-0.25, -0.2) is 9.18 Å². The molecule has 1 aromatic carbocycles. The van der Waals surface area contributed by atoms with Crippen molar-refractivity contribution in [3.63, 3.8) is 0 Å². The Morgan fingerprint density at radius 2 is 2.00 bits per heavy atom. The lowest BCUT2D eigenvalue weighted by Gasteiger charge is -2.09. The lowest BCUT2D eigenvalue weighted by Crippen LogP contribution is -2.15. The largest absolute Gasteiger partial charge is 0.459 e. The Morgan fingerprint density at radius 1 is 1.41 bits per heavy atom. The summed E-state index contributed by atoms with van der Waals surface area (Å²) < 4.78 is 31.3. The Hall–Kier alpha value is -2.05. The summed E-state index contributed by atoms with van der Waals surface area (Å²) in [6, 6.07) is 1.30. The van der Waals surface area contributed by atoms with Crippen molar-refractivity contribution in [1.29, 1.82) is 0 Å². The number of carbonyl (C=O) groups is 1. The minimum Gasteiger partial charge on any atom is -0.459 e. The van der Waals surface area contributed by atoms with Gasteiger partial charge in [0.25, 0.3) is 0 Å². The molecular formula is C10H9F2NO4. The van der Waals surface area contributed by atoms with E-state index in [1.54, 1.807) is 0 Å². The van der Waals surface area contributed by atoms with Crippen LogP contribution in [0.15, 0.2) is 12.1 Å². The van der Waals surface area contributed by atoms with Crippen LogP contribution < -0.4 is 0 Å². The summed E-state index contributed by atoms with van der Waals surface area (Å²) in [4.78, 5) is 20.7. The molecule has 0 amide bonds. The predicted octanol–water partition coefficient (Wildman–Crippen LogP) is 2.44. The molecule has 0 saturated carbocycles. The van der Waals surface area contributed by atoms with Crippen molar-refractivity contribution in [3.8, 4) is 0 Å². The highest BCUT2D eigenvalue weighted by atomic mass is 19.1. The molecule has 0 bridgehead atoms. The Labute approximate surface area is 95.2 Å². The third kappa shape index (κ3) is 2.74. The van der Waals surface area contributed by atoms with Crippen molar-refractivity contribution in [1.82, 2.24) is 0 Å². The maximum atomic E-state index is 13.5. The van der Waals surface area contributed by atoms with E-state index >= 15 is 0 Å². The van der Waals surface area contributed by atoms with E-state index in [9.17, 15) is 23.7 Å². The smallest absolute Gasteiger partial charge is 0.344 e. The predicted molar refractivity (Wildman–Crippen MR) is 53.6 cm³/mol. The van der Waals surface area contributed by atoms with Gasteiger partial charge in [0.1, 0.15) is 11.4 Å². The van der Waals surface area contributed by atoms with Crippen LogP contribution in [0.25, 0.3) is 0 Å². The highest BCUT2D eigenvalue weighted by molar-refractivity contribution is 5.91. The van der Waals surface area contributed by atoms with E-state index in [1.165, 1.54) is 13.8 Å². The van der Waals surface area contributed by atoms with Gasteiger partial charge in [0.05, 0.1) is 11.0 Å². The molecule has 0 radical (unpaired) electrons. The van der Waals surface area contributed by atoms with Crippen LogP contribution in [0, 0.1) is 21.7 Å². The Bertz CT molecular complexity index is 474. The van der Waals surface area contributed by atoms with Crippen LogP contribution in [0.4, 0.5) is 14.5 Å². The van der Waals surface area contributed by atoms with Crippen molar-refractivity contribution in [2.24, 2.45) is 0 Å². The van der Waals surface area contributed by atoms with Crippen LogP contribution in [0.5, 0.6) is 0 Å². The van der Waals surface area contributed by atoms with Gasteiger partial charge < -0.3 is 4.74 Å². The lowest BCUT2D eigenvalue weighted by atomic mass is 10.1. The summed E-state index contributed by atoms with van der Waals surface area (Å²) in [7, 11) is 0. The standard InChI is InChI=1S/C10H9F2NO4/c1-5(2)17-10(14)8-6(11)3-4-7(9(8)12)13(15)16/h3-5H,1-2H3. The molecule has 17 heavy (non-hydrogen) atoms. The Balaban J connectivity index is 3.27. The SMILES string of the molecule is CC(C)OC(=O)c1c(F)ccc([N+](=O)[O-])c1F. The first-order valence-electron chi connectivity index (χ1n) is 4.68. The number of hydrogen-bond donors (Lipinski definition) is 0. The van der Waals surface area contributed by atoms with E-state index in [4.69, 9.17) is 0 Å². The molecule has 5 nitrogen and oxygen atoms in total. The van der Waals surface area contributed by atoms with E-state index in [0.717, 1.165) is 0 Å². The van der Waals surface area contributed by atoms with Gasteiger partial charge in [-0.05, 0) is 19.9 Å². The summed E-state index contributed by atoms with van der Waals surface area (Å²) in [5.41, 5.74) is -2.02. The maximum Gasteiger partial charge on any atom is 0.344 e. The van der Waals surface area contributed by atoms with Gasteiger partial charge in [0.15, 0.2) is 0 Å². The number of nitro benzene ring substituents is 1. The fraction of sp³-hybridized carbons (Fsp3) is 0.300. The molecule has 0 unspecified atom stereocenters. The molecule has 92 valence electrons. The summed E-state index contributed by atoms with van der Waals surface area (Å²) in [6.07, 6.45) is -0.583. The number of rotatable bonds is 3. The van der Waals surface area contributed by atoms with Crippen molar-refractivity contribution in [2.75, 3.05) is 0 Å². The molecule has 0 aliphatic rings. The first kappa shape index (κ1) is 13.0. The quantitative estimate of drug-likeness (QED) is 0.466. The minimum absolute atomic E-state index is 0.583. The number of esters is 1. The second-order valence-electron chi connectivity index (χ2n) is 3.47. The molecule has 1 rings (SSSR count). The van der Waals surface area contributed by atoms with E-state index in [0.29, 0.717) is 12.1 Å². The molecule has 0 saturated heterocycles. The molecule has 0 fully saturated rings. The summed E-state index contributed by atoms with van der Waals surface area (Å²) in [5, 5.41) is 10.4. The van der Waals surface area contributed by atoms with Crippen molar-refractivity contribution in [3.05, 3.63) is 39.4 Å². The van der Waals surface area contributed by atoms with Crippen LogP contribution >= 0.6 is 0 Å². The van der Waals surface area contributed by atoms with E-state index in [2.05, 4.69) is 4.74 Å². The van der Waals surface area contributed by atoms with Gasteiger partial charge in [-0.15, -0.1) is 0 Å². The average Bonchev–Trinajstić information content (AvgIpc) is 2.15. The zero-order valence-electron chi connectivity index (χ0n) is 9.07. The molecule has 1 aromatic rings. The fourth-order valence-corrected chi connectivity index (χ4v) is 1.14. The number of hydrogen-bond acceptors (Lipinski definition) is 4. The Morgan fingerprint density at radius 3 is 2.47 bits per heavy atom. The zero-order valence-corrected chi connectivity index (χ0v) is 9.07. The minimum atomic E-state index is -1.53. The molecule has 0 aliphatic carbocycles. The average molecular weight is 245 g/mol. The maximum absolute atomic E-state index is 13.5. The fourth-order valence-electron chi connectivity index (χ4n) is 1.14. The van der Waals surface area contributed by atoms with E-state index < -0.39 is 39.9 Å². The number of ether oxygens (including phenoxy) is 1. The van der Waals surface area contributed by atoms with Gasteiger partial charge >= 0.3 is 11.7 Å². The summed E-state index contributed by atoms with van der Waals surface area (Å²) in [6.45, 7) is 2.98. The first-order chi connectivity index (χ1) is 7.84. The molecule has 0 N–H and O–H groups in total. The number of nitro groups is 1. The number of carbonyl (C=O) groups excluding carboxylic acids is 1. The van der Waals surface area contributed by atoms with E-state index in [1.807, 2.05) is 0 Å². The molecule has 0 aliphatic heterocycles. The topological polar surface area (TPSA) is 69.4 Å².